The molecule has 5 heterocycles. The summed E-state index contributed by atoms with van der Waals surface area (Å²) in [4.78, 5) is 26.2. The topological polar surface area (TPSA) is 92.3 Å². The van der Waals surface area contributed by atoms with Gasteiger partial charge in [0.2, 0.25) is 5.76 Å². The fourth-order valence-electron chi connectivity index (χ4n) is 3.50. The number of aryl methyl sites for hydroxylation is 1. The fourth-order valence-corrected chi connectivity index (χ4v) is 3.50. The molecule has 4 aromatic rings. The summed E-state index contributed by atoms with van der Waals surface area (Å²) in [5, 5.41) is 4.71. The van der Waals surface area contributed by atoms with Crippen molar-refractivity contribution in [1.29, 1.82) is 0 Å². The Labute approximate surface area is 148 Å². The Kier molecular flexibility index (Phi) is 3.18. The summed E-state index contributed by atoms with van der Waals surface area (Å²) >= 11 is 0. The molecule has 0 bridgehead atoms. The second-order valence-electron chi connectivity index (χ2n) is 6.43. The van der Waals surface area contributed by atoms with Crippen LogP contribution in [0.4, 0.5) is 0 Å². The number of carbonyl (C=O) groups excluding carboxylic acids is 1. The van der Waals surface area contributed by atoms with Crippen LogP contribution in [-0.4, -0.2) is 41.9 Å². The number of hydrogen-bond acceptors (Lipinski definition) is 5. The molecule has 0 aromatic carbocycles. The lowest BCUT2D eigenvalue weighted by Crippen LogP contribution is -2.40. The molecule has 0 unspecified atom stereocenters. The summed E-state index contributed by atoms with van der Waals surface area (Å²) in [6.45, 7) is 2.57. The number of oxazole rings is 1. The Morgan fingerprint density at radius 3 is 3.15 bits per heavy atom. The molecule has 0 fully saturated rings. The zero-order valence-electron chi connectivity index (χ0n) is 14.1. The number of imidazole rings is 1. The van der Waals surface area contributed by atoms with Gasteiger partial charge < -0.3 is 14.3 Å². The first-order valence-corrected chi connectivity index (χ1v) is 8.38. The van der Waals surface area contributed by atoms with Crippen LogP contribution in [0.1, 0.15) is 39.2 Å². The first-order valence-electron chi connectivity index (χ1n) is 8.38. The Morgan fingerprint density at radius 2 is 2.31 bits per heavy atom. The van der Waals surface area contributed by atoms with Crippen LogP contribution in [0.5, 0.6) is 0 Å². The van der Waals surface area contributed by atoms with Crippen molar-refractivity contribution in [2.75, 3.05) is 6.54 Å². The largest absolute Gasteiger partial charge is 0.438 e. The number of nitrogens with zero attached hydrogens (tertiary/aromatic N) is 5. The van der Waals surface area contributed by atoms with Crippen LogP contribution in [-0.2, 0) is 6.42 Å². The van der Waals surface area contributed by atoms with Crippen molar-refractivity contribution in [3.8, 4) is 0 Å². The minimum Gasteiger partial charge on any atom is -0.438 e. The maximum Gasteiger partial charge on any atom is 0.292 e. The van der Waals surface area contributed by atoms with Crippen LogP contribution >= 0.6 is 0 Å². The number of carbonyl (C=O) groups is 1. The van der Waals surface area contributed by atoms with Crippen molar-refractivity contribution >= 4 is 11.4 Å². The van der Waals surface area contributed by atoms with E-state index in [1.165, 1.54) is 12.6 Å². The molecule has 1 atom stereocenters. The van der Waals surface area contributed by atoms with Crippen molar-refractivity contribution in [3.05, 3.63) is 71.7 Å². The van der Waals surface area contributed by atoms with E-state index in [1.54, 1.807) is 11.2 Å². The third-order valence-electron chi connectivity index (χ3n) is 4.74. The van der Waals surface area contributed by atoms with Gasteiger partial charge in [-0.3, -0.25) is 4.79 Å². The average molecular weight is 348 g/mol. The maximum atomic E-state index is 13.0. The van der Waals surface area contributed by atoms with Crippen molar-refractivity contribution in [2.24, 2.45) is 0 Å². The van der Waals surface area contributed by atoms with E-state index in [0.717, 1.165) is 28.2 Å². The highest BCUT2D eigenvalue weighted by molar-refractivity contribution is 5.91. The third kappa shape index (κ3) is 2.22. The normalized spacial score (nSPS) is 16.8. The van der Waals surface area contributed by atoms with Crippen LogP contribution in [0.3, 0.4) is 0 Å². The Balaban J connectivity index is 1.64. The van der Waals surface area contributed by atoms with Gasteiger partial charge in [-0.2, -0.15) is 5.10 Å². The van der Waals surface area contributed by atoms with E-state index >= 15 is 0 Å². The van der Waals surface area contributed by atoms with Gasteiger partial charge in [0.1, 0.15) is 6.04 Å². The van der Waals surface area contributed by atoms with Crippen molar-refractivity contribution < 1.29 is 9.21 Å². The van der Waals surface area contributed by atoms with Crippen LogP contribution in [0.25, 0.3) is 5.52 Å². The van der Waals surface area contributed by atoms with Crippen molar-refractivity contribution in [3.63, 3.8) is 0 Å². The summed E-state index contributed by atoms with van der Waals surface area (Å²) < 4.78 is 7.06. The number of pyridine rings is 1. The minimum atomic E-state index is -0.372. The summed E-state index contributed by atoms with van der Waals surface area (Å²) in [7, 11) is 0. The smallest absolute Gasteiger partial charge is 0.292 e. The molecule has 1 amide bonds. The van der Waals surface area contributed by atoms with Crippen LogP contribution in [0.2, 0.25) is 0 Å². The number of aromatic nitrogens is 5. The zero-order chi connectivity index (χ0) is 17.7. The molecular formula is C18H16N6O2. The lowest BCUT2D eigenvalue weighted by molar-refractivity contribution is 0.0654. The van der Waals surface area contributed by atoms with E-state index in [-0.39, 0.29) is 17.7 Å². The van der Waals surface area contributed by atoms with Gasteiger partial charge in [-0.1, -0.05) is 6.07 Å². The number of nitrogens with one attached hydrogen (secondary N) is 1. The summed E-state index contributed by atoms with van der Waals surface area (Å²) in [6, 6.07) is 5.68. The molecule has 0 saturated heterocycles. The van der Waals surface area contributed by atoms with E-state index in [1.807, 2.05) is 35.8 Å². The average Bonchev–Trinajstić information content (AvgIpc) is 3.38. The lowest BCUT2D eigenvalue weighted by atomic mass is 9.99. The van der Waals surface area contributed by atoms with Crippen molar-refractivity contribution in [1.82, 2.24) is 29.5 Å². The molecule has 1 aliphatic heterocycles. The van der Waals surface area contributed by atoms with E-state index in [4.69, 9.17) is 9.52 Å². The molecule has 1 N–H and O–H groups in total. The van der Waals surface area contributed by atoms with Gasteiger partial charge in [0, 0.05) is 24.9 Å². The molecule has 0 saturated carbocycles. The van der Waals surface area contributed by atoms with E-state index < -0.39 is 0 Å². The molecule has 8 heteroatoms. The molecule has 1 aliphatic rings. The Hall–Kier alpha value is -3.42. The quantitative estimate of drug-likeness (QED) is 0.599. The summed E-state index contributed by atoms with van der Waals surface area (Å²) in [5.41, 5.74) is 4.72. The summed E-state index contributed by atoms with van der Waals surface area (Å²) in [5.74, 6) is 0.00276. The van der Waals surface area contributed by atoms with Gasteiger partial charge in [-0.05, 0) is 24.6 Å². The van der Waals surface area contributed by atoms with Crippen molar-refractivity contribution in [2.45, 2.75) is 19.4 Å². The standard InChI is InChI=1S/C18H16N6O2/c1-11-2-3-12-6-14(22-24(12)8-11)17-16-13(20-9-21-16)4-5-23(17)18(25)15-7-19-10-26-15/h2-3,6-10,17H,4-5H2,1H3,(H,20,21)/t17-/m0/s1. The molecular weight excluding hydrogens is 332 g/mol. The van der Waals surface area contributed by atoms with E-state index in [2.05, 4.69) is 15.0 Å². The van der Waals surface area contributed by atoms with E-state index in [9.17, 15) is 4.79 Å². The second kappa shape index (κ2) is 5.55. The highest BCUT2D eigenvalue weighted by Crippen LogP contribution is 2.34. The molecule has 4 aromatic heterocycles. The molecule has 0 aliphatic carbocycles. The van der Waals surface area contributed by atoms with Crippen LogP contribution in [0, 0.1) is 6.92 Å². The monoisotopic (exact) mass is 348 g/mol. The Bertz CT molecular complexity index is 1090. The fraction of sp³-hybridized carbons (Fsp3) is 0.222. The van der Waals surface area contributed by atoms with Gasteiger partial charge >= 0.3 is 0 Å². The zero-order valence-corrected chi connectivity index (χ0v) is 14.1. The first kappa shape index (κ1) is 14.9. The number of aromatic amines is 1. The second-order valence-corrected chi connectivity index (χ2v) is 6.43. The lowest BCUT2D eigenvalue weighted by Gasteiger charge is -2.33. The number of H-pyrrole nitrogens is 1. The SMILES string of the molecule is Cc1ccc2cc([C@H]3c4nc[nH]c4CCN3C(=O)c3cnco3)nn2c1. The number of hydrogen-bond donors (Lipinski definition) is 1. The summed E-state index contributed by atoms with van der Waals surface area (Å²) in [6.07, 6.45) is 7.04. The maximum absolute atomic E-state index is 13.0. The van der Waals surface area contributed by atoms with Gasteiger partial charge in [-0.25, -0.2) is 14.5 Å². The molecule has 0 spiro atoms. The predicted molar refractivity (Wildman–Crippen MR) is 91.6 cm³/mol. The van der Waals surface area contributed by atoms with Gasteiger partial charge in [0.15, 0.2) is 6.39 Å². The first-order chi connectivity index (χ1) is 12.7. The number of amides is 1. The van der Waals surface area contributed by atoms with Crippen LogP contribution < -0.4 is 0 Å². The van der Waals surface area contributed by atoms with E-state index in [0.29, 0.717) is 13.0 Å². The van der Waals surface area contributed by atoms with Gasteiger partial charge in [0.25, 0.3) is 5.91 Å². The van der Waals surface area contributed by atoms with Crippen LogP contribution in [0.15, 0.2) is 47.7 Å². The predicted octanol–water partition coefficient (Wildman–Crippen LogP) is 2.14. The molecule has 130 valence electrons. The highest BCUT2D eigenvalue weighted by atomic mass is 16.3. The number of fused-ring (bicyclic) bond motifs is 2. The van der Waals surface area contributed by atoms with Gasteiger partial charge in [0.05, 0.1) is 29.4 Å². The molecule has 5 rings (SSSR count). The molecule has 8 nitrogen and oxygen atoms in total. The number of rotatable bonds is 2. The van der Waals surface area contributed by atoms with Gasteiger partial charge in [-0.15, -0.1) is 0 Å². The highest BCUT2D eigenvalue weighted by Gasteiger charge is 2.37. The molecule has 26 heavy (non-hydrogen) atoms. The third-order valence-corrected chi connectivity index (χ3v) is 4.74. The molecule has 0 radical (unpaired) electrons. The Morgan fingerprint density at radius 1 is 1.38 bits per heavy atom. The minimum absolute atomic E-state index is 0.214.